The van der Waals surface area contributed by atoms with Crippen LogP contribution in [0, 0.1) is 5.92 Å². The van der Waals surface area contributed by atoms with E-state index in [1.807, 2.05) is 23.1 Å². The molecule has 8 nitrogen and oxygen atoms in total. The maximum Gasteiger partial charge on any atom is 0.276 e. The lowest BCUT2D eigenvalue weighted by molar-refractivity contribution is -0.144. The van der Waals surface area contributed by atoms with Crippen LogP contribution in [0.3, 0.4) is 0 Å². The first-order valence-corrected chi connectivity index (χ1v) is 9.52. The molecular weight excluding hydrogens is 346 g/mol. The Bertz CT molecular complexity index is 758. The van der Waals surface area contributed by atoms with Crippen molar-refractivity contribution in [2.75, 3.05) is 39.8 Å². The van der Waals surface area contributed by atoms with Gasteiger partial charge < -0.3 is 19.1 Å². The van der Waals surface area contributed by atoms with Crippen LogP contribution < -0.4 is 0 Å². The molecule has 2 aromatic rings. The molecule has 1 unspecified atom stereocenters. The van der Waals surface area contributed by atoms with E-state index in [2.05, 4.69) is 27.1 Å². The third-order valence-electron chi connectivity index (χ3n) is 5.28. The molecule has 144 valence electrons. The van der Waals surface area contributed by atoms with Gasteiger partial charge in [0.2, 0.25) is 5.91 Å². The third kappa shape index (κ3) is 4.33. The van der Waals surface area contributed by atoms with E-state index < -0.39 is 0 Å². The molecular formula is C19H25N5O3. The van der Waals surface area contributed by atoms with Crippen molar-refractivity contribution in [3.8, 4) is 11.6 Å². The van der Waals surface area contributed by atoms with Gasteiger partial charge >= 0.3 is 0 Å². The van der Waals surface area contributed by atoms with E-state index in [0.717, 1.165) is 25.9 Å². The quantitative estimate of drug-likeness (QED) is 0.799. The van der Waals surface area contributed by atoms with Crippen LogP contribution >= 0.6 is 0 Å². The number of aromatic nitrogens is 3. The molecule has 4 rings (SSSR count). The highest BCUT2D eigenvalue weighted by atomic mass is 16.5. The van der Waals surface area contributed by atoms with Crippen molar-refractivity contribution in [3.05, 3.63) is 30.2 Å². The summed E-state index contributed by atoms with van der Waals surface area (Å²) in [6.45, 7) is 3.77. The lowest BCUT2D eigenvalue weighted by Gasteiger charge is -2.36. The van der Waals surface area contributed by atoms with Crippen LogP contribution in [-0.2, 0) is 16.0 Å². The van der Waals surface area contributed by atoms with Crippen molar-refractivity contribution < 1.29 is 14.1 Å². The summed E-state index contributed by atoms with van der Waals surface area (Å²) in [5, 5.41) is 4.04. The van der Waals surface area contributed by atoms with E-state index in [1.54, 1.807) is 6.20 Å². The topological polar surface area (TPSA) is 84.6 Å². The molecule has 8 heteroatoms. The summed E-state index contributed by atoms with van der Waals surface area (Å²) in [6.07, 6.45) is 3.98. The molecule has 2 aromatic heterocycles. The number of piperidine rings is 1. The smallest absolute Gasteiger partial charge is 0.276 e. The van der Waals surface area contributed by atoms with Gasteiger partial charge in [0.15, 0.2) is 5.82 Å². The predicted octanol–water partition coefficient (Wildman–Crippen LogP) is 1.24. The number of carbonyl (C=O) groups excluding carboxylic acids is 1. The second-order valence-corrected chi connectivity index (χ2v) is 7.29. The Kier molecular flexibility index (Phi) is 5.45. The predicted molar refractivity (Wildman–Crippen MR) is 97.8 cm³/mol. The summed E-state index contributed by atoms with van der Waals surface area (Å²) in [5.74, 6) is 1.38. The fraction of sp³-hybridized carbons (Fsp3) is 0.579. The van der Waals surface area contributed by atoms with Gasteiger partial charge in [-0.15, -0.1) is 0 Å². The number of ether oxygens (including phenoxy) is 1. The number of likely N-dealkylation sites (tertiary alicyclic amines) is 1. The Balaban J connectivity index is 1.35. The van der Waals surface area contributed by atoms with Crippen LogP contribution in [0.2, 0.25) is 0 Å². The minimum Gasteiger partial charge on any atom is -0.374 e. The largest absolute Gasteiger partial charge is 0.374 e. The normalized spacial score (nSPS) is 22.1. The van der Waals surface area contributed by atoms with Crippen molar-refractivity contribution in [1.82, 2.24) is 24.9 Å². The fourth-order valence-electron chi connectivity index (χ4n) is 3.69. The van der Waals surface area contributed by atoms with E-state index in [-0.39, 0.29) is 17.9 Å². The first-order chi connectivity index (χ1) is 13.2. The number of hydrogen-bond acceptors (Lipinski definition) is 7. The summed E-state index contributed by atoms with van der Waals surface area (Å²) >= 11 is 0. The first kappa shape index (κ1) is 18.1. The second kappa shape index (κ2) is 8.14. The van der Waals surface area contributed by atoms with Crippen molar-refractivity contribution in [2.45, 2.75) is 25.4 Å². The van der Waals surface area contributed by atoms with Gasteiger partial charge in [-0.2, -0.15) is 4.98 Å². The highest BCUT2D eigenvalue weighted by Crippen LogP contribution is 2.21. The van der Waals surface area contributed by atoms with Crippen molar-refractivity contribution in [1.29, 1.82) is 0 Å². The van der Waals surface area contributed by atoms with Crippen LogP contribution in [-0.4, -0.2) is 76.8 Å². The second-order valence-electron chi connectivity index (χ2n) is 7.29. The van der Waals surface area contributed by atoms with Crippen molar-refractivity contribution >= 4 is 5.91 Å². The van der Waals surface area contributed by atoms with Crippen LogP contribution in [0.15, 0.2) is 28.9 Å². The maximum absolute atomic E-state index is 12.8. The molecule has 2 fully saturated rings. The minimum atomic E-state index is -0.108. The van der Waals surface area contributed by atoms with E-state index in [9.17, 15) is 4.79 Å². The van der Waals surface area contributed by atoms with Gasteiger partial charge in [0.1, 0.15) is 5.69 Å². The zero-order valence-corrected chi connectivity index (χ0v) is 15.6. The van der Waals surface area contributed by atoms with E-state index in [1.165, 1.54) is 0 Å². The lowest BCUT2D eigenvalue weighted by Crippen LogP contribution is -2.50. The Morgan fingerprint density at radius 2 is 2.11 bits per heavy atom. The molecule has 1 amide bonds. The molecule has 0 saturated carbocycles. The highest BCUT2D eigenvalue weighted by Gasteiger charge is 2.31. The number of rotatable bonds is 4. The molecule has 0 radical (unpaired) electrons. The number of pyridine rings is 1. The number of hydrogen-bond donors (Lipinski definition) is 0. The number of carbonyl (C=O) groups is 1. The average Bonchev–Trinajstić information content (AvgIpc) is 3.17. The first-order valence-electron chi connectivity index (χ1n) is 9.52. The van der Waals surface area contributed by atoms with E-state index in [4.69, 9.17) is 9.26 Å². The standard InChI is InChI=1S/C19H25N5O3/c1-23-8-5-14(6-9-23)19(25)24-10-11-26-15(13-24)12-17-21-18(27-22-17)16-4-2-3-7-20-16/h2-4,7,14-15H,5-6,8-13H2,1H3. The Labute approximate surface area is 158 Å². The molecule has 0 aromatic carbocycles. The molecule has 0 bridgehead atoms. The van der Waals surface area contributed by atoms with Gasteiger partial charge in [0, 0.05) is 31.6 Å². The maximum atomic E-state index is 12.8. The fourth-order valence-corrected chi connectivity index (χ4v) is 3.69. The Morgan fingerprint density at radius 1 is 1.26 bits per heavy atom. The van der Waals surface area contributed by atoms with E-state index >= 15 is 0 Å². The zero-order chi connectivity index (χ0) is 18.6. The van der Waals surface area contributed by atoms with Gasteiger partial charge in [-0.3, -0.25) is 9.78 Å². The number of nitrogens with zero attached hydrogens (tertiary/aromatic N) is 5. The molecule has 0 aliphatic carbocycles. The summed E-state index contributed by atoms with van der Waals surface area (Å²) in [6, 6.07) is 5.55. The Hall–Kier alpha value is -2.32. The minimum absolute atomic E-state index is 0.108. The summed E-state index contributed by atoms with van der Waals surface area (Å²) in [4.78, 5) is 25.7. The van der Waals surface area contributed by atoms with Gasteiger partial charge in [0.25, 0.3) is 5.89 Å². The summed E-state index contributed by atoms with van der Waals surface area (Å²) < 4.78 is 11.1. The van der Waals surface area contributed by atoms with Crippen LogP contribution in [0.4, 0.5) is 0 Å². The molecule has 4 heterocycles. The van der Waals surface area contributed by atoms with Crippen molar-refractivity contribution in [3.63, 3.8) is 0 Å². The summed E-state index contributed by atoms with van der Waals surface area (Å²) in [5.41, 5.74) is 0.653. The SMILES string of the molecule is CN1CCC(C(=O)N2CCOC(Cc3noc(-c4ccccn4)n3)C2)CC1. The van der Waals surface area contributed by atoms with Gasteiger partial charge in [-0.25, -0.2) is 0 Å². The zero-order valence-electron chi connectivity index (χ0n) is 15.6. The monoisotopic (exact) mass is 371 g/mol. The average molecular weight is 371 g/mol. The molecule has 2 aliphatic heterocycles. The van der Waals surface area contributed by atoms with Gasteiger partial charge in [0.05, 0.1) is 12.7 Å². The molecule has 27 heavy (non-hydrogen) atoms. The van der Waals surface area contributed by atoms with Gasteiger partial charge in [-0.1, -0.05) is 11.2 Å². The van der Waals surface area contributed by atoms with Crippen LogP contribution in [0.5, 0.6) is 0 Å². The van der Waals surface area contributed by atoms with E-state index in [0.29, 0.717) is 43.5 Å². The van der Waals surface area contributed by atoms with Crippen LogP contribution in [0.1, 0.15) is 18.7 Å². The van der Waals surface area contributed by atoms with Gasteiger partial charge in [-0.05, 0) is 45.1 Å². The molecule has 0 N–H and O–H groups in total. The molecule has 2 saturated heterocycles. The molecule has 1 atom stereocenters. The molecule has 0 spiro atoms. The van der Waals surface area contributed by atoms with Crippen molar-refractivity contribution in [2.24, 2.45) is 5.92 Å². The number of morpholine rings is 1. The Morgan fingerprint density at radius 3 is 2.89 bits per heavy atom. The number of amides is 1. The third-order valence-corrected chi connectivity index (χ3v) is 5.28. The van der Waals surface area contributed by atoms with Crippen LogP contribution in [0.25, 0.3) is 11.6 Å². The highest BCUT2D eigenvalue weighted by molar-refractivity contribution is 5.79. The lowest BCUT2D eigenvalue weighted by atomic mass is 9.95. The summed E-state index contributed by atoms with van der Waals surface area (Å²) in [7, 11) is 2.11. The molecule has 2 aliphatic rings.